The van der Waals surface area contributed by atoms with Crippen molar-refractivity contribution in [3.8, 4) is 0 Å². The van der Waals surface area contributed by atoms with Crippen molar-refractivity contribution in [2.45, 2.75) is 38.0 Å². The minimum Gasteiger partial charge on any atom is -0.465 e. The second kappa shape index (κ2) is 6.13. The van der Waals surface area contributed by atoms with E-state index in [9.17, 15) is 4.79 Å². The Morgan fingerprint density at radius 3 is 2.69 bits per heavy atom. The first-order valence-electron chi connectivity index (χ1n) is 9.32. The van der Waals surface area contributed by atoms with E-state index in [1.165, 1.54) is 65.8 Å². The fourth-order valence-corrected chi connectivity index (χ4v) is 5.66. The minimum atomic E-state index is -0.276. The summed E-state index contributed by atoms with van der Waals surface area (Å²) < 4.78 is 8.56. The highest BCUT2D eigenvalue weighted by atomic mass is 32.1. The average molecular weight is 363 g/mol. The third-order valence-electron chi connectivity index (χ3n) is 5.73. The first-order valence-corrected chi connectivity index (χ1v) is 10.1. The van der Waals surface area contributed by atoms with E-state index in [-0.39, 0.29) is 5.97 Å². The van der Waals surface area contributed by atoms with Gasteiger partial charge in [-0.1, -0.05) is 55.1 Å². The molecule has 0 unspecified atom stereocenters. The predicted octanol–water partition coefficient (Wildman–Crippen LogP) is 6.14. The van der Waals surface area contributed by atoms with E-state index in [0.717, 1.165) is 5.52 Å². The summed E-state index contributed by atoms with van der Waals surface area (Å²) in [5.74, 6) is 0.334. The van der Waals surface area contributed by atoms with E-state index in [1.54, 1.807) is 11.5 Å². The monoisotopic (exact) mass is 363 g/mol. The lowest BCUT2D eigenvalue weighted by molar-refractivity contribution is 0.0601. The summed E-state index contributed by atoms with van der Waals surface area (Å²) in [4.78, 5) is 12.0. The van der Waals surface area contributed by atoms with E-state index < -0.39 is 0 Å². The van der Waals surface area contributed by atoms with Gasteiger partial charge in [-0.3, -0.25) is 3.79 Å². The molecule has 0 N–H and O–H groups in total. The minimum absolute atomic E-state index is 0.276. The van der Waals surface area contributed by atoms with E-state index in [2.05, 4.69) is 34.1 Å². The van der Waals surface area contributed by atoms with Crippen LogP contribution in [0.3, 0.4) is 0 Å². The van der Waals surface area contributed by atoms with E-state index in [4.69, 9.17) is 4.74 Å². The molecule has 0 saturated heterocycles. The smallest absolute Gasteiger partial charge is 0.337 e. The molecule has 0 bridgehead atoms. The fourth-order valence-electron chi connectivity index (χ4n) is 4.52. The number of benzene rings is 2. The summed E-state index contributed by atoms with van der Waals surface area (Å²) in [6.45, 7) is 0. The number of fused-ring (bicyclic) bond motifs is 5. The normalized spacial score (nSPS) is 15.9. The first-order chi connectivity index (χ1) is 12.8. The maximum Gasteiger partial charge on any atom is 0.337 e. The molecule has 132 valence electrons. The molecule has 0 amide bonds. The van der Waals surface area contributed by atoms with Crippen LogP contribution >= 0.6 is 11.5 Å². The van der Waals surface area contributed by atoms with Crippen LogP contribution in [-0.2, 0) is 4.74 Å². The Morgan fingerprint density at radius 1 is 1.08 bits per heavy atom. The van der Waals surface area contributed by atoms with Gasteiger partial charge < -0.3 is 4.74 Å². The number of hydrogen-bond acceptors (Lipinski definition) is 3. The van der Waals surface area contributed by atoms with Gasteiger partial charge in [0.05, 0.1) is 28.4 Å². The molecule has 2 heterocycles. The van der Waals surface area contributed by atoms with E-state index in [0.29, 0.717) is 11.5 Å². The molecule has 2 aromatic heterocycles. The largest absolute Gasteiger partial charge is 0.465 e. The average Bonchev–Trinajstić information content (AvgIpc) is 3.22. The molecule has 3 nitrogen and oxygen atoms in total. The van der Waals surface area contributed by atoms with Gasteiger partial charge in [-0.15, -0.1) is 0 Å². The molecule has 1 aliphatic carbocycles. The van der Waals surface area contributed by atoms with Gasteiger partial charge in [-0.25, -0.2) is 4.79 Å². The molecule has 1 fully saturated rings. The number of hydrogen-bond donors (Lipinski definition) is 0. The van der Waals surface area contributed by atoms with Crippen LogP contribution in [0.4, 0.5) is 0 Å². The van der Waals surface area contributed by atoms with Crippen LogP contribution < -0.4 is 0 Å². The van der Waals surface area contributed by atoms with Gasteiger partial charge in [0.25, 0.3) is 0 Å². The highest BCUT2D eigenvalue weighted by molar-refractivity contribution is 7.14. The molecule has 1 saturated carbocycles. The Hall–Kier alpha value is -2.33. The molecule has 0 radical (unpaired) electrons. The summed E-state index contributed by atoms with van der Waals surface area (Å²) in [6.07, 6.45) is 6.50. The van der Waals surface area contributed by atoms with Crippen LogP contribution in [0.2, 0.25) is 0 Å². The third kappa shape index (κ3) is 2.28. The highest BCUT2D eigenvalue weighted by Gasteiger charge is 2.25. The van der Waals surface area contributed by atoms with Crippen molar-refractivity contribution in [1.82, 2.24) is 3.79 Å². The Bertz CT molecular complexity index is 1130. The number of esters is 1. The number of nitrogens with zero attached hydrogens (tertiary/aromatic N) is 1. The zero-order valence-electron chi connectivity index (χ0n) is 14.8. The van der Waals surface area contributed by atoms with Gasteiger partial charge in [-0.2, -0.15) is 0 Å². The summed E-state index contributed by atoms with van der Waals surface area (Å²) >= 11 is 1.77. The molecule has 1 aliphatic rings. The Labute approximate surface area is 156 Å². The van der Waals surface area contributed by atoms with Crippen LogP contribution in [0, 0.1) is 0 Å². The summed E-state index contributed by atoms with van der Waals surface area (Å²) in [5, 5.41) is 2.62. The summed E-state index contributed by atoms with van der Waals surface area (Å²) in [6, 6.07) is 14.7. The van der Waals surface area contributed by atoms with Gasteiger partial charge in [0.1, 0.15) is 0 Å². The van der Waals surface area contributed by atoms with Crippen molar-refractivity contribution in [2.75, 3.05) is 7.11 Å². The fraction of sp³-hybridized carbons (Fsp3) is 0.318. The van der Waals surface area contributed by atoms with Crippen LogP contribution in [0.1, 0.15) is 53.9 Å². The molecule has 0 spiro atoms. The molecular weight excluding hydrogens is 342 g/mol. The standard InChI is InChI=1S/C22H21NO2S/c1-25-22(24)15-11-12-16-18(13-15)23-21(17-9-5-6-10-19(17)26-23)20(16)14-7-3-2-4-8-14/h5-6,9-14H,2-4,7-8H2,1H3. The first kappa shape index (κ1) is 15.9. The van der Waals surface area contributed by atoms with E-state index >= 15 is 0 Å². The van der Waals surface area contributed by atoms with Crippen molar-refractivity contribution in [1.29, 1.82) is 0 Å². The van der Waals surface area contributed by atoms with Crippen LogP contribution in [0.25, 0.3) is 26.5 Å². The maximum absolute atomic E-state index is 12.0. The number of ether oxygens (including phenoxy) is 1. The molecule has 26 heavy (non-hydrogen) atoms. The zero-order valence-corrected chi connectivity index (χ0v) is 15.6. The lowest BCUT2D eigenvalue weighted by Crippen LogP contribution is -2.04. The molecule has 4 aromatic rings. The van der Waals surface area contributed by atoms with Crippen LogP contribution in [0.15, 0.2) is 42.5 Å². The number of rotatable bonds is 2. The van der Waals surface area contributed by atoms with Gasteiger partial charge in [0.2, 0.25) is 0 Å². The molecular formula is C22H21NO2S. The Morgan fingerprint density at radius 2 is 1.88 bits per heavy atom. The second-order valence-electron chi connectivity index (χ2n) is 7.20. The topological polar surface area (TPSA) is 30.7 Å². The van der Waals surface area contributed by atoms with Crippen LogP contribution in [-0.4, -0.2) is 16.9 Å². The molecule has 0 aliphatic heterocycles. The van der Waals surface area contributed by atoms with Crippen molar-refractivity contribution >= 4 is 44.0 Å². The molecule has 5 rings (SSSR count). The molecule has 2 aromatic carbocycles. The second-order valence-corrected chi connectivity index (χ2v) is 8.19. The molecule has 4 heteroatoms. The Balaban J connectivity index is 1.87. The number of carbonyl (C=O) groups is 1. The van der Waals surface area contributed by atoms with Gasteiger partial charge in [0, 0.05) is 10.8 Å². The maximum atomic E-state index is 12.0. The lowest BCUT2D eigenvalue weighted by atomic mass is 9.83. The zero-order chi connectivity index (χ0) is 17.7. The van der Waals surface area contributed by atoms with Gasteiger partial charge >= 0.3 is 5.97 Å². The lowest BCUT2D eigenvalue weighted by Gasteiger charge is -2.21. The summed E-state index contributed by atoms with van der Waals surface area (Å²) in [7, 11) is 1.44. The van der Waals surface area contributed by atoms with E-state index in [1.807, 2.05) is 12.1 Å². The van der Waals surface area contributed by atoms with Gasteiger partial charge in [0.15, 0.2) is 0 Å². The SMILES string of the molecule is COC(=O)c1ccc2c(C3CCCCC3)c3c4ccccc4sn3c2c1. The van der Waals surface area contributed by atoms with Crippen LogP contribution in [0.5, 0.6) is 0 Å². The highest BCUT2D eigenvalue weighted by Crippen LogP contribution is 2.44. The number of carbonyl (C=O) groups excluding carboxylic acids is 1. The van der Waals surface area contributed by atoms with Crippen molar-refractivity contribution in [2.24, 2.45) is 0 Å². The Kier molecular flexibility index (Phi) is 3.75. The van der Waals surface area contributed by atoms with Crippen molar-refractivity contribution < 1.29 is 9.53 Å². The predicted molar refractivity (Wildman–Crippen MR) is 107 cm³/mol. The van der Waals surface area contributed by atoms with Crippen molar-refractivity contribution in [3.05, 3.63) is 53.6 Å². The molecule has 0 atom stereocenters. The van der Waals surface area contributed by atoms with Gasteiger partial charge in [-0.05, 0) is 42.5 Å². The third-order valence-corrected chi connectivity index (χ3v) is 6.85. The number of aromatic nitrogens is 1. The number of methoxy groups -OCH3 is 1. The van der Waals surface area contributed by atoms with Crippen molar-refractivity contribution in [3.63, 3.8) is 0 Å². The summed E-state index contributed by atoms with van der Waals surface area (Å²) in [5.41, 5.74) is 4.57. The quantitative estimate of drug-likeness (QED) is 0.400.